The van der Waals surface area contributed by atoms with Crippen LogP contribution in [0.3, 0.4) is 0 Å². The molecule has 0 saturated carbocycles. The Morgan fingerprint density at radius 1 is 1.22 bits per heavy atom. The molecule has 0 aliphatic carbocycles. The molecular weight excluding hydrogens is 226 g/mol. The standard InChI is InChI=1S/C15H25NO2/c1-12(2)16-11-13-5-7-14(8-6-13)18-10-9-15(3,4)17/h5-8,12,16-17H,9-11H2,1-4H3. The van der Waals surface area contributed by atoms with Crippen LogP contribution in [0.1, 0.15) is 39.7 Å². The van der Waals surface area contributed by atoms with Gasteiger partial charge < -0.3 is 15.2 Å². The van der Waals surface area contributed by atoms with Crippen molar-refractivity contribution >= 4 is 0 Å². The van der Waals surface area contributed by atoms with E-state index in [0.717, 1.165) is 12.3 Å². The molecule has 102 valence electrons. The van der Waals surface area contributed by atoms with Gasteiger partial charge in [0.1, 0.15) is 5.75 Å². The van der Waals surface area contributed by atoms with E-state index in [0.29, 0.717) is 19.1 Å². The number of aliphatic hydroxyl groups is 1. The first kappa shape index (κ1) is 15.0. The third-order valence-electron chi connectivity index (χ3n) is 2.62. The Kier molecular flexibility index (Phi) is 5.63. The first-order valence-electron chi connectivity index (χ1n) is 6.54. The largest absolute Gasteiger partial charge is 0.493 e. The molecule has 0 fully saturated rings. The minimum atomic E-state index is -0.666. The van der Waals surface area contributed by atoms with Crippen LogP contribution >= 0.6 is 0 Å². The lowest BCUT2D eigenvalue weighted by atomic mass is 10.1. The molecule has 0 aromatic heterocycles. The molecule has 0 aliphatic rings. The van der Waals surface area contributed by atoms with Crippen molar-refractivity contribution < 1.29 is 9.84 Å². The molecule has 0 amide bonds. The smallest absolute Gasteiger partial charge is 0.119 e. The number of hydrogen-bond acceptors (Lipinski definition) is 3. The number of rotatable bonds is 7. The molecule has 3 heteroatoms. The molecule has 1 aromatic rings. The Hall–Kier alpha value is -1.06. The van der Waals surface area contributed by atoms with Crippen LogP contribution in [-0.2, 0) is 6.54 Å². The lowest BCUT2D eigenvalue weighted by Gasteiger charge is -2.17. The summed E-state index contributed by atoms with van der Waals surface area (Å²) in [7, 11) is 0. The Bertz CT molecular complexity index is 339. The van der Waals surface area contributed by atoms with Gasteiger partial charge in [-0.15, -0.1) is 0 Å². The summed E-state index contributed by atoms with van der Waals surface area (Å²) in [5, 5.41) is 12.9. The highest BCUT2D eigenvalue weighted by Gasteiger charge is 2.11. The van der Waals surface area contributed by atoms with Gasteiger partial charge in [-0.25, -0.2) is 0 Å². The van der Waals surface area contributed by atoms with Crippen LogP contribution in [0.4, 0.5) is 0 Å². The molecule has 0 spiro atoms. The van der Waals surface area contributed by atoms with Crippen LogP contribution in [0.15, 0.2) is 24.3 Å². The van der Waals surface area contributed by atoms with Crippen LogP contribution in [0.25, 0.3) is 0 Å². The van der Waals surface area contributed by atoms with E-state index in [1.807, 2.05) is 12.1 Å². The Morgan fingerprint density at radius 3 is 2.33 bits per heavy atom. The number of hydrogen-bond donors (Lipinski definition) is 2. The maximum absolute atomic E-state index is 9.57. The molecule has 1 aromatic carbocycles. The predicted octanol–water partition coefficient (Wildman–Crippen LogP) is 2.72. The van der Waals surface area contributed by atoms with Gasteiger partial charge >= 0.3 is 0 Å². The number of nitrogens with one attached hydrogen (secondary N) is 1. The molecule has 18 heavy (non-hydrogen) atoms. The quantitative estimate of drug-likeness (QED) is 0.783. The van der Waals surface area contributed by atoms with Crippen molar-refractivity contribution in [2.45, 2.75) is 52.3 Å². The summed E-state index contributed by atoms with van der Waals surface area (Å²) in [5.74, 6) is 0.854. The van der Waals surface area contributed by atoms with Crippen molar-refractivity contribution in [3.63, 3.8) is 0 Å². The Morgan fingerprint density at radius 2 is 1.83 bits per heavy atom. The van der Waals surface area contributed by atoms with Crippen molar-refractivity contribution in [3.05, 3.63) is 29.8 Å². The molecule has 0 radical (unpaired) electrons. The highest BCUT2D eigenvalue weighted by Crippen LogP contribution is 2.14. The SMILES string of the molecule is CC(C)NCc1ccc(OCCC(C)(C)O)cc1. The van der Waals surface area contributed by atoms with Gasteiger partial charge in [0.25, 0.3) is 0 Å². The van der Waals surface area contributed by atoms with Crippen molar-refractivity contribution in [1.82, 2.24) is 5.32 Å². The van der Waals surface area contributed by atoms with E-state index in [1.54, 1.807) is 13.8 Å². The van der Waals surface area contributed by atoms with E-state index in [2.05, 4.69) is 31.3 Å². The molecule has 0 atom stereocenters. The van der Waals surface area contributed by atoms with Crippen LogP contribution in [0, 0.1) is 0 Å². The fourth-order valence-electron chi connectivity index (χ4n) is 1.44. The van der Waals surface area contributed by atoms with Crippen molar-refractivity contribution in [1.29, 1.82) is 0 Å². The maximum Gasteiger partial charge on any atom is 0.119 e. The highest BCUT2D eigenvalue weighted by atomic mass is 16.5. The van der Waals surface area contributed by atoms with Gasteiger partial charge in [0, 0.05) is 19.0 Å². The van der Waals surface area contributed by atoms with Gasteiger partial charge in [0.2, 0.25) is 0 Å². The zero-order valence-corrected chi connectivity index (χ0v) is 11.9. The minimum Gasteiger partial charge on any atom is -0.493 e. The summed E-state index contributed by atoms with van der Waals surface area (Å²) in [4.78, 5) is 0. The van der Waals surface area contributed by atoms with Crippen LogP contribution in [0.2, 0.25) is 0 Å². The highest BCUT2D eigenvalue weighted by molar-refractivity contribution is 5.27. The number of ether oxygens (including phenoxy) is 1. The van der Waals surface area contributed by atoms with Gasteiger partial charge in [0.15, 0.2) is 0 Å². The van der Waals surface area contributed by atoms with Crippen molar-refractivity contribution in [3.8, 4) is 5.75 Å². The molecule has 1 rings (SSSR count). The van der Waals surface area contributed by atoms with Crippen LogP contribution in [-0.4, -0.2) is 23.4 Å². The van der Waals surface area contributed by atoms with Gasteiger partial charge in [-0.3, -0.25) is 0 Å². The summed E-state index contributed by atoms with van der Waals surface area (Å²) in [5.41, 5.74) is 0.583. The van der Waals surface area contributed by atoms with E-state index in [4.69, 9.17) is 4.74 Å². The zero-order chi connectivity index (χ0) is 13.6. The minimum absolute atomic E-state index is 0.493. The summed E-state index contributed by atoms with van der Waals surface area (Å²) >= 11 is 0. The summed E-state index contributed by atoms with van der Waals surface area (Å²) in [6, 6.07) is 8.57. The summed E-state index contributed by atoms with van der Waals surface area (Å²) in [6.45, 7) is 9.25. The average molecular weight is 251 g/mol. The molecule has 3 nitrogen and oxygen atoms in total. The Labute approximate surface area is 110 Å². The van der Waals surface area contributed by atoms with Crippen molar-refractivity contribution in [2.24, 2.45) is 0 Å². The molecular formula is C15H25NO2. The first-order valence-corrected chi connectivity index (χ1v) is 6.54. The molecule has 0 saturated heterocycles. The third-order valence-corrected chi connectivity index (χ3v) is 2.62. The lowest BCUT2D eigenvalue weighted by Crippen LogP contribution is -2.22. The van der Waals surface area contributed by atoms with Gasteiger partial charge in [-0.2, -0.15) is 0 Å². The van der Waals surface area contributed by atoms with E-state index < -0.39 is 5.60 Å². The van der Waals surface area contributed by atoms with E-state index in [1.165, 1.54) is 5.56 Å². The second kappa shape index (κ2) is 6.76. The summed E-state index contributed by atoms with van der Waals surface area (Å²) < 4.78 is 5.58. The lowest BCUT2D eigenvalue weighted by molar-refractivity contribution is 0.0553. The van der Waals surface area contributed by atoms with Gasteiger partial charge in [-0.1, -0.05) is 26.0 Å². The fourth-order valence-corrected chi connectivity index (χ4v) is 1.44. The zero-order valence-electron chi connectivity index (χ0n) is 11.9. The third kappa shape index (κ3) is 6.62. The normalized spacial score (nSPS) is 11.9. The molecule has 0 unspecified atom stereocenters. The van der Waals surface area contributed by atoms with Crippen LogP contribution in [0.5, 0.6) is 5.75 Å². The molecule has 0 heterocycles. The van der Waals surface area contributed by atoms with Gasteiger partial charge in [-0.05, 0) is 31.5 Å². The second-order valence-electron chi connectivity index (χ2n) is 5.59. The first-order chi connectivity index (χ1) is 8.37. The van der Waals surface area contributed by atoms with Gasteiger partial charge in [0.05, 0.1) is 12.2 Å². The predicted molar refractivity (Wildman–Crippen MR) is 74.8 cm³/mol. The molecule has 0 aliphatic heterocycles. The van der Waals surface area contributed by atoms with Crippen LogP contribution < -0.4 is 10.1 Å². The fraction of sp³-hybridized carbons (Fsp3) is 0.600. The Balaban J connectivity index is 2.36. The van der Waals surface area contributed by atoms with E-state index >= 15 is 0 Å². The van der Waals surface area contributed by atoms with E-state index in [9.17, 15) is 5.11 Å². The average Bonchev–Trinajstić information content (AvgIpc) is 2.26. The molecule has 2 N–H and O–H groups in total. The second-order valence-corrected chi connectivity index (χ2v) is 5.59. The number of benzene rings is 1. The maximum atomic E-state index is 9.57. The molecule has 0 bridgehead atoms. The van der Waals surface area contributed by atoms with Crippen molar-refractivity contribution in [2.75, 3.05) is 6.61 Å². The van der Waals surface area contributed by atoms with E-state index in [-0.39, 0.29) is 0 Å². The monoisotopic (exact) mass is 251 g/mol. The topological polar surface area (TPSA) is 41.5 Å². The summed E-state index contributed by atoms with van der Waals surface area (Å²) in [6.07, 6.45) is 0.629.